The first-order chi connectivity index (χ1) is 12.6. The molecule has 2 amide bonds. The summed E-state index contributed by atoms with van der Waals surface area (Å²) in [6, 6.07) is 9.89. The van der Waals surface area contributed by atoms with E-state index in [1.54, 1.807) is 48.8 Å². The number of nitrogens with one attached hydrogen (secondary N) is 2. The number of anilines is 2. The number of rotatable bonds is 2. The molecule has 2 aromatic heterocycles. The van der Waals surface area contributed by atoms with Gasteiger partial charge in [-0.05, 0) is 52.3 Å². The van der Waals surface area contributed by atoms with E-state index in [0.717, 1.165) is 0 Å². The summed E-state index contributed by atoms with van der Waals surface area (Å²) in [5.74, 6) is 0.00397. The molecule has 0 unspecified atom stereocenters. The average Bonchev–Trinajstić information content (AvgIpc) is 2.77. The fraction of sp³-hybridized carbons (Fsp3) is 0. The van der Waals surface area contributed by atoms with Gasteiger partial charge in [-0.2, -0.15) is 0 Å². The summed E-state index contributed by atoms with van der Waals surface area (Å²) in [6.45, 7) is 0. The van der Waals surface area contributed by atoms with E-state index in [2.05, 4.69) is 36.5 Å². The van der Waals surface area contributed by atoms with Gasteiger partial charge in [-0.25, -0.2) is 4.98 Å². The highest BCUT2D eigenvalue weighted by molar-refractivity contribution is 9.10. The lowest BCUT2D eigenvalue weighted by molar-refractivity contribution is 0.101. The Labute approximate surface area is 156 Å². The van der Waals surface area contributed by atoms with E-state index in [4.69, 9.17) is 4.74 Å². The lowest BCUT2D eigenvalue weighted by Crippen LogP contribution is -2.14. The maximum absolute atomic E-state index is 12.5. The third-order valence-corrected chi connectivity index (χ3v) is 4.11. The normalized spacial score (nSPS) is 12.1. The molecule has 0 aliphatic carbocycles. The second-order valence-corrected chi connectivity index (χ2v) is 6.38. The van der Waals surface area contributed by atoms with E-state index in [0.29, 0.717) is 38.6 Å². The number of pyridine rings is 2. The number of carbonyl (C=O) groups is 2. The predicted octanol–water partition coefficient (Wildman–Crippen LogP) is 3.85. The van der Waals surface area contributed by atoms with Gasteiger partial charge in [-0.15, -0.1) is 0 Å². The second-order valence-electron chi connectivity index (χ2n) is 5.47. The highest BCUT2D eigenvalue weighted by Crippen LogP contribution is 2.34. The first kappa shape index (κ1) is 16.2. The molecule has 1 aliphatic heterocycles. The summed E-state index contributed by atoms with van der Waals surface area (Å²) >= 11 is 3.28. The van der Waals surface area contributed by atoms with Gasteiger partial charge in [0.25, 0.3) is 11.8 Å². The van der Waals surface area contributed by atoms with Crippen molar-refractivity contribution in [1.29, 1.82) is 0 Å². The van der Waals surface area contributed by atoms with Crippen molar-refractivity contribution in [3.8, 4) is 11.6 Å². The van der Waals surface area contributed by atoms with Gasteiger partial charge in [0.2, 0.25) is 5.88 Å². The Bertz CT molecular complexity index is 1040. The zero-order chi connectivity index (χ0) is 18.1. The van der Waals surface area contributed by atoms with Crippen molar-refractivity contribution in [2.24, 2.45) is 0 Å². The van der Waals surface area contributed by atoms with E-state index in [1.807, 2.05) is 0 Å². The molecule has 0 fully saturated rings. The molecule has 4 rings (SSSR count). The highest BCUT2D eigenvalue weighted by atomic mass is 79.9. The van der Waals surface area contributed by atoms with Gasteiger partial charge in [0.15, 0.2) is 0 Å². The molecule has 7 nitrogen and oxygen atoms in total. The highest BCUT2D eigenvalue weighted by Gasteiger charge is 2.22. The third-order valence-electron chi connectivity index (χ3n) is 3.68. The number of benzene rings is 1. The summed E-state index contributed by atoms with van der Waals surface area (Å²) in [5, 5.41) is 5.49. The molecule has 0 saturated carbocycles. The van der Waals surface area contributed by atoms with Gasteiger partial charge in [0.1, 0.15) is 11.4 Å². The Morgan fingerprint density at radius 1 is 1.19 bits per heavy atom. The van der Waals surface area contributed by atoms with Gasteiger partial charge in [0.05, 0.1) is 11.1 Å². The zero-order valence-electron chi connectivity index (χ0n) is 13.2. The standard InChI is InChI=1S/C18H11BrN4O3/c19-11-6-10(8-20-9-11)16(24)22-12-3-4-15-13(7-12)17(25)23-14-2-1-5-21-18(14)26-15/h1-9H,(H,22,24)(H,23,25). The average molecular weight is 411 g/mol. The number of hydrogen-bond donors (Lipinski definition) is 2. The third kappa shape index (κ3) is 3.14. The molecule has 0 spiro atoms. The number of amides is 2. The Kier molecular flexibility index (Phi) is 4.10. The summed E-state index contributed by atoms with van der Waals surface area (Å²) in [4.78, 5) is 32.9. The Morgan fingerprint density at radius 2 is 2.08 bits per heavy atom. The fourth-order valence-electron chi connectivity index (χ4n) is 2.47. The minimum absolute atomic E-state index is 0.299. The van der Waals surface area contributed by atoms with Crippen molar-refractivity contribution in [3.05, 3.63) is 70.6 Å². The molecule has 26 heavy (non-hydrogen) atoms. The van der Waals surface area contributed by atoms with Crippen molar-refractivity contribution in [3.63, 3.8) is 0 Å². The largest absolute Gasteiger partial charge is 0.436 e. The minimum Gasteiger partial charge on any atom is -0.436 e. The van der Waals surface area contributed by atoms with Crippen LogP contribution in [-0.4, -0.2) is 21.8 Å². The molecule has 3 aromatic rings. The van der Waals surface area contributed by atoms with Gasteiger partial charge >= 0.3 is 0 Å². The molecular weight excluding hydrogens is 400 g/mol. The first-order valence-corrected chi connectivity index (χ1v) is 8.39. The SMILES string of the molecule is O=C(Nc1ccc2c(c1)C(=O)Nc1cccnc1O2)c1cncc(Br)c1. The van der Waals surface area contributed by atoms with Crippen LogP contribution >= 0.6 is 15.9 Å². The Balaban J connectivity index is 1.63. The Morgan fingerprint density at radius 3 is 2.92 bits per heavy atom. The molecule has 0 radical (unpaired) electrons. The van der Waals surface area contributed by atoms with Crippen molar-refractivity contribution in [2.75, 3.05) is 10.6 Å². The van der Waals surface area contributed by atoms with Crippen LogP contribution in [0.3, 0.4) is 0 Å². The smallest absolute Gasteiger partial charge is 0.259 e. The van der Waals surface area contributed by atoms with Crippen LogP contribution < -0.4 is 15.4 Å². The number of ether oxygens (including phenoxy) is 1. The van der Waals surface area contributed by atoms with E-state index in [9.17, 15) is 9.59 Å². The first-order valence-electron chi connectivity index (χ1n) is 7.60. The molecule has 2 N–H and O–H groups in total. The Hall–Kier alpha value is -3.26. The molecule has 0 atom stereocenters. The molecular formula is C18H11BrN4O3. The maximum atomic E-state index is 12.5. The lowest BCUT2D eigenvalue weighted by atomic mass is 10.1. The molecule has 0 bridgehead atoms. The van der Waals surface area contributed by atoms with Crippen molar-refractivity contribution in [1.82, 2.24) is 9.97 Å². The summed E-state index contributed by atoms with van der Waals surface area (Å²) in [6.07, 6.45) is 4.63. The van der Waals surface area contributed by atoms with Gasteiger partial charge in [0, 0.05) is 28.8 Å². The molecule has 8 heteroatoms. The molecule has 1 aliphatic rings. The van der Waals surface area contributed by atoms with Crippen LogP contribution in [0.15, 0.2) is 59.5 Å². The predicted molar refractivity (Wildman–Crippen MR) is 98.6 cm³/mol. The van der Waals surface area contributed by atoms with E-state index in [-0.39, 0.29) is 11.8 Å². The summed E-state index contributed by atoms with van der Waals surface area (Å²) in [7, 11) is 0. The molecule has 3 heterocycles. The monoisotopic (exact) mass is 410 g/mol. The van der Waals surface area contributed by atoms with E-state index >= 15 is 0 Å². The summed E-state index contributed by atoms with van der Waals surface area (Å²) < 4.78 is 6.41. The minimum atomic E-state index is -0.341. The maximum Gasteiger partial charge on any atom is 0.259 e. The lowest BCUT2D eigenvalue weighted by Gasteiger charge is -2.09. The van der Waals surface area contributed by atoms with Crippen molar-refractivity contribution in [2.45, 2.75) is 0 Å². The molecule has 1 aromatic carbocycles. The van der Waals surface area contributed by atoms with Gasteiger partial charge in [-0.1, -0.05) is 0 Å². The van der Waals surface area contributed by atoms with Crippen LogP contribution in [0.4, 0.5) is 11.4 Å². The number of aromatic nitrogens is 2. The molecule has 0 saturated heterocycles. The van der Waals surface area contributed by atoms with Crippen molar-refractivity contribution < 1.29 is 14.3 Å². The van der Waals surface area contributed by atoms with Crippen LogP contribution in [0.2, 0.25) is 0 Å². The van der Waals surface area contributed by atoms with Crippen LogP contribution in [0.5, 0.6) is 11.6 Å². The van der Waals surface area contributed by atoms with Crippen LogP contribution in [-0.2, 0) is 0 Å². The van der Waals surface area contributed by atoms with Gasteiger partial charge in [-0.3, -0.25) is 14.6 Å². The van der Waals surface area contributed by atoms with Crippen molar-refractivity contribution >= 4 is 39.1 Å². The quantitative estimate of drug-likeness (QED) is 0.668. The summed E-state index contributed by atoms with van der Waals surface area (Å²) in [5.41, 5.74) is 1.64. The number of fused-ring (bicyclic) bond motifs is 2. The topological polar surface area (TPSA) is 93.2 Å². The number of hydrogen-bond acceptors (Lipinski definition) is 5. The fourth-order valence-corrected chi connectivity index (χ4v) is 2.84. The molecule has 128 valence electrons. The number of nitrogens with zero attached hydrogens (tertiary/aromatic N) is 2. The van der Waals surface area contributed by atoms with Crippen LogP contribution in [0, 0.1) is 0 Å². The van der Waals surface area contributed by atoms with Crippen LogP contribution in [0.1, 0.15) is 20.7 Å². The van der Waals surface area contributed by atoms with E-state index < -0.39 is 0 Å². The second kappa shape index (κ2) is 6.57. The zero-order valence-corrected chi connectivity index (χ0v) is 14.8. The number of halogens is 1. The number of carbonyl (C=O) groups excluding carboxylic acids is 2. The van der Waals surface area contributed by atoms with Gasteiger partial charge < -0.3 is 15.4 Å². The van der Waals surface area contributed by atoms with Crippen LogP contribution in [0.25, 0.3) is 0 Å². The van der Waals surface area contributed by atoms with E-state index in [1.165, 1.54) is 6.20 Å².